The lowest BCUT2D eigenvalue weighted by Crippen LogP contribution is -2.17. The van der Waals surface area contributed by atoms with Gasteiger partial charge in [0.1, 0.15) is 0 Å². The van der Waals surface area contributed by atoms with Crippen molar-refractivity contribution in [2.24, 2.45) is 0 Å². The van der Waals surface area contributed by atoms with E-state index < -0.39 is 0 Å². The Kier molecular flexibility index (Phi) is 1.90. The molecule has 1 aliphatic carbocycles. The Balaban J connectivity index is 2.17. The second kappa shape index (κ2) is 2.82. The number of aromatic nitrogens is 3. The second-order valence-electron chi connectivity index (χ2n) is 4.92. The largest absolute Gasteiger partial charge is 0.249 e. The molecule has 13 heavy (non-hydrogen) atoms. The molecule has 1 saturated carbocycles. The zero-order chi connectivity index (χ0) is 9.47. The summed E-state index contributed by atoms with van der Waals surface area (Å²) < 4.78 is 2.03. The second-order valence-corrected chi connectivity index (χ2v) is 4.92. The van der Waals surface area contributed by atoms with E-state index in [4.69, 9.17) is 0 Å². The minimum Gasteiger partial charge on any atom is -0.249 e. The minimum atomic E-state index is 0.127. The fourth-order valence-electron chi connectivity index (χ4n) is 1.45. The van der Waals surface area contributed by atoms with Crippen molar-refractivity contribution >= 4 is 0 Å². The minimum absolute atomic E-state index is 0.127. The normalized spacial score (nSPS) is 18.7. The van der Waals surface area contributed by atoms with E-state index >= 15 is 0 Å². The maximum absolute atomic E-state index is 4.20. The van der Waals surface area contributed by atoms with Crippen LogP contribution in [0.15, 0.2) is 6.20 Å². The van der Waals surface area contributed by atoms with E-state index in [2.05, 4.69) is 37.3 Å². The van der Waals surface area contributed by atoms with Crippen LogP contribution in [0.25, 0.3) is 0 Å². The van der Waals surface area contributed by atoms with Gasteiger partial charge in [0.25, 0.3) is 0 Å². The van der Waals surface area contributed by atoms with Crippen LogP contribution in [0.4, 0.5) is 0 Å². The summed E-state index contributed by atoms with van der Waals surface area (Å²) in [7, 11) is 0. The topological polar surface area (TPSA) is 30.7 Å². The van der Waals surface area contributed by atoms with Gasteiger partial charge in [-0.15, -0.1) is 5.10 Å². The molecule has 1 aromatic rings. The molecule has 2 rings (SSSR count). The molecule has 3 nitrogen and oxygen atoms in total. The molecule has 72 valence electrons. The zero-order valence-corrected chi connectivity index (χ0v) is 8.62. The van der Waals surface area contributed by atoms with E-state index in [1.807, 2.05) is 4.68 Å². The maximum atomic E-state index is 4.20. The highest BCUT2D eigenvalue weighted by atomic mass is 15.4. The van der Waals surface area contributed by atoms with Crippen LogP contribution in [-0.2, 0) is 5.41 Å². The highest BCUT2D eigenvalue weighted by molar-refractivity contribution is 5.07. The van der Waals surface area contributed by atoms with Gasteiger partial charge >= 0.3 is 0 Å². The average Bonchev–Trinajstić information content (AvgIpc) is 2.29. The zero-order valence-electron chi connectivity index (χ0n) is 8.62. The number of hydrogen-bond donors (Lipinski definition) is 0. The lowest BCUT2D eigenvalue weighted by atomic mass is 9.92. The Morgan fingerprint density at radius 3 is 2.46 bits per heavy atom. The number of nitrogens with zero attached hydrogens (tertiary/aromatic N) is 3. The van der Waals surface area contributed by atoms with Gasteiger partial charge in [0, 0.05) is 11.6 Å². The lowest BCUT2D eigenvalue weighted by molar-refractivity contribution is 0.284. The van der Waals surface area contributed by atoms with Gasteiger partial charge in [-0.3, -0.25) is 0 Å². The van der Waals surface area contributed by atoms with Gasteiger partial charge in [-0.1, -0.05) is 26.0 Å². The Labute approximate surface area is 79.1 Å². The van der Waals surface area contributed by atoms with Crippen LogP contribution < -0.4 is 0 Å². The summed E-state index contributed by atoms with van der Waals surface area (Å²) in [6.45, 7) is 6.51. The standard InChI is InChI=1S/C10H17N3/c1-10(2,3)9-7-13(12-11-9)8-5-4-6-8/h7-8H,4-6H2,1-3H3. The van der Waals surface area contributed by atoms with E-state index in [0.717, 1.165) is 5.69 Å². The van der Waals surface area contributed by atoms with Gasteiger partial charge in [0.15, 0.2) is 0 Å². The molecule has 1 heterocycles. The molecule has 0 unspecified atom stereocenters. The van der Waals surface area contributed by atoms with Gasteiger partial charge in [-0.2, -0.15) is 0 Å². The lowest BCUT2D eigenvalue weighted by Gasteiger charge is -2.24. The molecular weight excluding hydrogens is 162 g/mol. The summed E-state index contributed by atoms with van der Waals surface area (Å²) in [6.07, 6.45) is 5.99. The van der Waals surface area contributed by atoms with Crippen LogP contribution in [0.5, 0.6) is 0 Å². The van der Waals surface area contributed by atoms with Gasteiger partial charge < -0.3 is 0 Å². The van der Waals surface area contributed by atoms with Crippen molar-refractivity contribution in [3.05, 3.63) is 11.9 Å². The smallest absolute Gasteiger partial charge is 0.0880 e. The summed E-state index contributed by atoms with van der Waals surface area (Å²) >= 11 is 0. The first-order valence-corrected chi connectivity index (χ1v) is 5.00. The predicted octanol–water partition coefficient (Wildman–Crippen LogP) is 2.30. The van der Waals surface area contributed by atoms with Crippen molar-refractivity contribution in [1.82, 2.24) is 15.0 Å². The highest BCUT2D eigenvalue weighted by Gasteiger charge is 2.23. The van der Waals surface area contributed by atoms with Crippen molar-refractivity contribution < 1.29 is 0 Å². The molecule has 0 aliphatic heterocycles. The Hall–Kier alpha value is -0.860. The van der Waals surface area contributed by atoms with Gasteiger partial charge in [0.2, 0.25) is 0 Å². The quantitative estimate of drug-likeness (QED) is 0.662. The van der Waals surface area contributed by atoms with Crippen LogP contribution in [0, 0.1) is 0 Å². The summed E-state index contributed by atoms with van der Waals surface area (Å²) in [6, 6.07) is 0.628. The Morgan fingerprint density at radius 1 is 1.38 bits per heavy atom. The molecule has 0 atom stereocenters. The fourth-order valence-corrected chi connectivity index (χ4v) is 1.45. The van der Waals surface area contributed by atoms with Gasteiger partial charge in [-0.05, 0) is 19.3 Å². The molecule has 0 saturated heterocycles. The summed E-state index contributed by atoms with van der Waals surface area (Å²) in [5.74, 6) is 0. The average molecular weight is 179 g/mol. The fraction of sp³-hybridized carbons (Fsp3) is 0.800. The molecule has 1 aromatic heterocycles. The van der Waals surface area contributed by atoms with Crippen LogP contribution >= 0.6 is 0 Å². The summed E-state index contributed by atoms with van der Waals surface area (Å²) in [4.78, 5) is 0. The van der Waals surface area contributed by atoms with Crippen molar-refractivity contribution in [2.45, 2.75) is 51.5 Å². The molecule has 0 aromatic carbocycles. The molecule has 1 fully saturated rings. The molecule has 0 radical (unpaired) electrons. The van der Waals surface area contributed by atoms with E-state index in [-0.39, 0.29) is 5.41 Å². The first kappa shape index (κ1) is 8.73. The molecular formula is C10H17N3. The third-order valence-electron chi connectivity index (χ3n) is 2.73. The van der Waals surface area contributed by atoms with Crippen molar-refractivity contribution in [1.29, 1.82) is 0 Å². The molecule has 0 N–H and O–H groups in total. The Morgan fingerprint density at radius 2 is 2.08 bits per heavy atom. The number of hydrogen-bond acceptors (Lipinski definition) is 2. The van der Waals surface area contributed by atoms with Crippen LogP contribution in [0.1, 0.15) is 51.8 Å². The monoisotopic (exact) mass is 179 g/mol. The SMILES string of the molecule is CC(C)(C)c1cn(C2CCC2)nn1. The third-order valence-corrected chi connectivity index (χ3v) is 2.73. The van der Waals surface area contributed by atoms with Crippen LogP contribution in [-0.4, -0.2) is 15.0 Å². The molecule has 0 bridgehead atoms. The third kappa shape index (κ3) is 1.60. The Bertz CT molecular complexity index is 291. The summed E-state index contributed by atoms with van der Waals surface area (Å²) in [5, 5.41) is 8.37. The van der Waals surface area contributed by atoms with E-state index in [1.54, 1.807) is 0 Å². The predicted molar refractivity (Wildman–Crippen MR) is 51.6 cm³/mol. The van der Waals surface area contributed by atoms with Crippen LogP contribution in [0.2, 0.25) is 0 Å². The first-order chi connectivity index (χ1) is 6.07. The van der Waals surface area contributed by atoms with Crippen LogP contribution in [0.3, 0.4) is 0 Å². The van der Waals surface area contributed by atoms with Gasteiger partial charge in [0.05, 0.1) is 11.7 Å². The van der Waals surface area contributed by atoms with Crippen molar-refractivity contribution in [3.63, 3.8) is 0 Å². The summed E-state index contributed by atoms with van der Waals surface area (Å²) in [5.41, 5.74) is 1.22. The number of rotatable bonds is 1. The molecule has 1 aliphatic rings. The highest BCUT2D eigenvalue weighted by Crippen LogP contribution is 2.31. The van der Waals surface area contributed by atoms with Crippen molar-refractivity contribution in [2.75, 3.05) is 0 Å². The van der Waals surface area contributed by atoms with E-state index in [0.29, 0.717) is 6.04 Å². The molecule has 3 heteroatoms. The van der Waals surface area contributed by atoms with Crippen molar-refractivity contribution in [3.8, 4) is 0 Å². The van der Waals surface area contributed by atoms with E-state index in [9.17, 15) is 0 Å². The first-order valence-electron chi connectivity index (χ1n) is 5.00. The maximum Gasteiger partial charge on any atom is 0.0880 e. The van der Waals surface area contributed by atoms with Gasteiger partial charge in [-0.25, -0.2) is 4.68 Å². The molecule has 0 amide bonds. The molecule has 0 spiro atoms. The van der Waals surface area contributed by atoms with E-state index in [1.165, 1.54) is 19.3 Å².